The van der Waals surface area contributed by atoms with E-state index in [0.717, 1.165) is 22.9 Å². The highest BCUT2D eigenvalue weighted by Crippen LogP contribution is 2.37. The van der Waals surface area contributed by atoms with Crippen LogP contribution < -0.4 is 0 Å². The number of rotatable bonds is 2. The van der Waals surface area contributed by atoms with Crippen LogP contribution in [-0.4, -0.2) is 31.8 Å². The summed E-state index contributed by atoms with van der Waals surface area (Å²) in [5.41, 5.74) is 1.98. The molecule has 0 saturated heterocycles. The lowest BCUT2D eigenvalue weighted by molar-refractivity contribution is -0.137. The molecular weight excluding hydrogens is 542 g/mol. The van der Waals surface area contributed by atoms with Gasteiger partial charge in [-0.2, -0.15) is 13.2 Å². The molecule has 1 aliphatic heterocycles. The number of carbonyl (C=O) groups is 1. The monoisotopic (exact) mass is 561 g/mol. The Morgan fingerprint density at radius 2 is 1.81 bits per heavy atom. The van der Waals surface area contributed by atoms with E-state index in [1.165, 1.54) is 17.0 Å². The van der Waals surface area contributed by atoms with Gasteiger partial charge in [-0.15, -0.1) is 0 Å². The van der Waals surface area contributed by atoms with Crippen molar-refractivity contribution in [2.45, 2.75) is 26.2 Å². The van der Waals surface area contributed by atoms with Gasteiger partial charge in [-0.1, -0.05) is 64.5 Å². The van der Waals surface area contributed by atoms with Crippen LogP contribution in [0.2, 0.25) is 5.02 Å². The normalized spacial score (nSPS) is 13.3. The zero-order valence-electron chi connectivity index (χ0n) is 16.9. The summed E-state index contributed by atoms with van der Waals surface area (Å²) in [5, 5.41) is -0.570. The second-order valence-corrected chi connectivity index (χ2v) is 7.30. The van der Waals surface area contributed by atoms with E-state index < -0.39 is 22.7 Å². The number of carbonyl (C=O) groups excluding carboxylic acids is 1. The minimum absolute atomic E-state index is 0.152. The molecule has 1 amide bonds. The van der Waals surface area contributed by atoms with E-state index in [0.29, 0.717) is 18.9 Å². The molecule has 0 unspecified atom stereocenters. The Bertz CT molecular complexity index is 1100. The Morgan fingerprint density at radius 1 is 1.10 bits per heavy atom. The van der Waals surface area contributed by atoms with Crippen LogP contribution in [0.5, 0.6) is 0 Å². The summed E-state index contributed by atoms with van der Waals surface area (Å²) in [7, 11) is 0. The van der Waals surface area contributed by atoms with Gasteiger partial charge in [0.15, 0.2) is 0 Å². The number of hydrogen-bond acceptors (Lipinski definition) is 2. The van der Waals surface area contributed by atoms with Crippen molar-refractivity contribution < 1.29 is 18.0 Å². The lowest BCUT2D eigenvalue weighted by Gasteiger charge is -2.29. The van der Waals surface area contributed by atoms with Crippen LogP contribution in [0.25, 0.3) is 11.3 Å². The predicted molar refractivity (Wildman–Crippen MR) is 124 cm³/mol. The van der Waals surface area contributed by atoms with Gasteiger partial charge in [-0.3, -0.25) is 4.79 Å². The lowest BCUT2D eigenvalue weighted by atomic mass is 10.1. The molecule has 0 atom stereocenters. The molecule has 164 valence electrons. The fraction of sp³-hybridized carbons (Fsp3) is 0.273. The van der Waals surface area contributed by atoms with Gasteiger partial charge in [0.2, 0.25) is 0 Å². The largest absolute Gasteiger partial charge is 0.417 e. The lowest BCUT2D eigenvalue weighted by Crippen LogP contribution is -2.38. The fourth-order valence-electron chi connectivity index (χ4n) is 3.60. The number of halogens is 5. The topological polar surface area (TPSA) is 38.1 Å². The van der Waals surface area contributed by atoms with Crippen molar-refractivity contribution in [3.8, 4) is 11.3 Å². The first-order chi connectivity index (χ1) is 14.8. The summed E-state index contributed by atoms with van der Waals surface area (Å²) in [6.45, 7) is 3.08. The molecule has 0 saturated carbocycles. The van der Waals surface area contributed by atoms with E-state index in [2.05, 4.69) is 27.6 Å². The fourth-order valence-corrected chi connectivity index (χ4v) is 3.91. The zero-order valence-corrected chi connectivity index (χ0v) is 19.8. The Balaban J connectivity index is 0.00000132. The minimum Gasteiger partial charge on any atom is -0.329 e. The Hall–Kier alpha value is -2.07. The standard InChI is InChI=1S/C21H17ClF3N3O.CH3I/c1-13-5-2-3-6-14(13)17-11-26-18-12-27(9-10-28(17)18)20(29)15-7-4-8-16(19(15)22)21(23,24)25;1-2/h2-8,11H,9-10,12H2,1H3;1H3. The van der Waals surface area contributed by atoms with Crippen LogP contribution in [0.3, 0.4) is 0 Å². The maximum atomic E-state index is 13.1. The number of aryl methyl sites for hydroxylation is 1. The Labute approximate surface area is 197 Å². The van der Waals surface area contributed by atoms with Crippen molar-refractivity contribution in [1.29, 1.82) is 0 Å². The van der Waals surface area contributed by atoms with Crippen LogP contribution in [0.15, 0.2) is 48.7 Å². The molecule has 4 rings (SSSR count). The van der Waals surface area contributed by atoms with Crippen molar-refractivity contribution >= 4 is 40.1 Å². The van der Waals surface area contributed by atoms with Gasteiger partial charge in [-0.25, -0.2) is 4.98 Å². The van der Waals surface area contributed by atoms with Gasteiger partial charge >= 0.3 is 6.18 Å². The Morgan fingerprint density at radius 3 is 2.48 bits per heavy atom. The van der Waals surface area contributed by atoms with Crippen molar-refractivity contribution in [1.82, 2.24) is 14.5 Å². The molecular formula is C22H20ClF3IN3O. The van der Waals surface area contributed by atoms with E-state index in [4.69, 9.17) is 11.6 Å². The third kappa shape index (κ3) is 4.74. The second-order valence-electron chi connectivity index (χ2n) is 6.92. The van der Waals surface area contributed by atoms with Gasteiger partial charge in [0.05, 0.1) is 34.6 Å². The van der Waals surface area contributed by atoms with Crippen LogP contribution >= 0.6 is 34.2 Å². The molecule has 1 aliphatic rings. The molecule has 3 aromatic rings. The van der Waals surface area contributed by atoms with Crippen molar-refractivity contribution in [3.05, 3.63) is 76.2 Å². The molecule has 0 bridgehead atoms. The summed E-state index contributed by atoms with van der Waals surface area (Å²) >= 11 is 8.07. The van der Waals surface area contributed by atoms with E-state index >= 15 is 0 Å². The van der Waals surface area contributed by atoms with E-state index in [-0.39, 0.29) is 12.1 Å². The second kappa shape index (κ2) is 9.60. The Kier molecular flexibility index (Phi) is 7.31. The first-order valence-electron chi connectivity index (χ1n) is 9.40. The molecule has 2 aromatic carbocycles. The smallest absolute Gasteiger partial charge is 0.329 e. The van der Waals surface area contributed by atoms with Gasteiger partial charge in [0.25, 0.3) is 5.91 Å². The predicted octanol–water partition coefficient (Wildman–Crippen LogP) is 6.24. The number of amides is 1. The van der Waals surface area contributed by atoms with Crippen molar-refractivity contribution in [3.63, 3.8) is 0 Å². The number of imidazole rings is 1. The average molecular weight is 562 g/mol. The van der Waals surface area contributed by atoms with Gasteiger partial charge in [0, 0.05) is 18.7 Å². The molecule has 0 radical (unpaired) electrons. The molecule has 0 spiro atoms. The highest BCUT2D eigenvalue weighted by Gasteiger charge is 2.35. The average Bonchev–Trinajstić information content (AvgIpc) is 3.17. The summed E-state index contributed by atoms with van der Waals surface area (Å²) < 4.78 is 41.4. The number of fused-ring (bicyclic) bond motifs is 1. The molecule has 4 nitrogen and oxygen atoms in total. The highest BCUT2D eigenvalue weighted by atomic mass is 127. The van der Waals surface area contributed by atoms with Crippen LogP contribution in [0, 0.1) is 6.92 Å². The van der Waals surface area contributed by atoms with Crippen LogP contribution in [-0.2, 0) is 19.3 Å². The highest BCUT2D eigenvalue weighted by molar-refractivity contribution is 14.1. The first kappa shape index (κ1) is 23.6. The number of hydrogen-bond donors (Lipinski definition) is 0. The van der Waals surface area contributed by atoms with Gasteiger partial charge < -0.3 is 9.47 Å². The third-order valence-electron chi connectivity index (χ3n) is 5.11. The summed E-state index contributed by atoms with van der Waals surface area (Å²) in [5.74, 6) is 0.152. The maximum absolute atomic E-state index is 13.1. The number of alkyl halides is 4. The molecule has 0 fully saturated rings. The molecule has 0 N–H and O–H groups in total. The minimum atomic E-state index is -4.62. The molecule has 2 heterocycles. The SMILES string of the molecule is CI.Cc1ccccc1-c1cnc2n1CCN(C(=O)c1cccc(C(F)(F)F)c1Cl)C2. The van der Waals surface area contributed by atoms with Crippen LogP contribution in [0.4, 0.5) is 13.2 Å². The van der Waals surface area contributed by atoms with Crippen molar-refractivity contribution in [2.75, 3.05) is 11.5 Å². The van der Waals surface area contributed by atoms with Gasteiger partial charge in [-0.05, 0) is 29.6 Å². The molecule has 1 aromatic heterocycles. The summed E-state index contributed by atoms with van der Waals surface area (Å²) in [6, 6.07) is 11.3. The molecule has 0 aliphatic carbocycles. The van der Waals surface area contributed by atoms with E-state index in [1.807, 2.05) is 40.7 Å². The summed E-state index contributed by atoms with van der Waals surface area (Å²) in [6.07, 6.45) is -2.85. The number of benzene rings is 2. The van der Waals surface area contributed by atoms with Gasteiger partial charge in [0.1, 0.15) is 5.82 Å². The zero-order chi connectivity index (χ0) is 22.8. The number of nitrogens with zero attached hydrogens (tertiary/aromatic N) is 3. The van der Waals surface area contributed by atoms with Crippen LogP contribution in [0.1, 0.15) is 27.3 Å². The van der Waals surface area contributed by atoms with E-state index in [9.17, 15) is 18.0 Å². The quantitative estimate of drug-likeness (QED) is 0.275. The molecule has 9 heteroatoms. The number of aromatic nitrogens is 2. The maximum Gasteiger partial charge on any atom is 0.417 e. The van der Waals surface area contributed by atoms with E-state index in [1.54, 1.807) is 6.20 Å². The van der Waals surface area contributed by atoms with Crippen molar-refractivity contribution in [2.24, 2.45) is 0 Å². The third-order valence-corrected chi connectivity index (χ3v) is 5.51. The molecule has 31 heavy (non-hydrogen) atoms. The summed E-state index contributed by atoms with van der Waals surface area (Å²) in [4.78, 5) is 20.8. The first-order valence-corrected chi connectivity index (χ1v) is 11.9.